The topological polar surface area (TPSA) is 77.8 Å². The predicted octanol–water partition coefficient (Wildman–Crippen LogP) is -0.145. The molecule has 5 nitrogen and oxygen atoms in total. The maximum Gasteiger partial charge on any atom is 0.329 e. The number of likely N-dealkylation sites (tertiary alicyclic amines) is 1. The molecule has 1 saturated heterocycles. The van der Waals surface area contributed by atoms with Crippen LogP contribution >= 0.6 is 0 Å². The molecule has 1 rings (SSSR count). The summed E-state index contributed by atoms with van der Waals surface area (Å²) in [4.78, 5) is 23.6. The van der Waals surface area contributed by atoms with Gasteiger partial charge < -0.3 is 15.1 Å². The normalized spacial score (nSPS) is 25.1. The molecule has 1 fully saturated rings. The summed E-state index contributed by atoms with van der Waals surface area (Å²) in [6.07, 6.45) is 0.841. The van der Waals surface area contributed by atoms with Gasteiger partial charge in [0.15, 0.2) is 6.04 Å². The molecule has 0 bridgehead atoms. The minimum Gasteiger partial charge on any atom is -0.480 e. The molecule has 0 aromatic rings. The standard InChI is InChI=1S/C10H15NO4/c1-3-7-4-8(13)11(5-7)9(6(2)12)10(14)15/h3,6-7,9,12H,1,4-5H2,2H3,(H,14,15)/t6-,7?,9-/m0/s1. The third kappa shape index (κ3) is 2.36. The van der Waals surface area contributed by atoms with E-state index in [1.54, 1.807) is 6.08 Å². The lowest BCUT2D eigenvalue weighted by atomic mass is 10.1. The fourth-order valence-electron chi connectivity index (χ4n) is 1.79. The highest BCUT2D eigenvalue weighted by Gasteiger charge is 2.38. The summed E-state index contributed by atoms with van der Waals surface area (Å²) >= 11 is 0. The van der Waals surface area contributed by atoms with Gasteiger partial charge in [-0.15, -0.1) is 6.58 Å². The molecule has 0 radical (unpaired) electrons. The number of carbonyl (C=O) groups is 2. The molecule has 0 saturated carbocycles. The number of hydrogen-bond acceptors (Lipinski definition) is 3. The molecule has 2 N–H and O–H groups in total. The van der Waals surface area contributed by atoms with E-state index in [0.29, 0.717) is 6.54 Å². The summed E-state index contributed by atoms with van der Waals surface area (Å²) < 4.78 is 0. The van der Waals surface area contributed by atoms with E-state index in [1.807, 2.05) is 0 Å². The van der Waals surface area contributed by atoms with Gasteiger partial charge in [-0.3, -0.25) is 4.79 Å². The summed E-state index contributed by atoms with van der Waals surface area (Å²) in [6.45, 7) is 5.26. The summed E-state index contributed by atoms with van der Waals surface area (Å²) in [7, 11) is 0. The van der Waals surface area contributed by atoms with Crippen LogP contribution in [0.25, 0.3) is 0 Å². The highest BCUT2D eigenvalue weighted by molar-refractivity contribution is 5.85. The number of aliphatic hydroxyl groups is 1. The second kappa shape index (κ2) is 4.44. The number of hydrogen-bond donors (Lipinski definition) is 2. The Labute approximate surface area is 88.0 Å². The number of aliphatic hydroxyl groups excluding tert-OH is 1. The summed E-state index contributed by atoms with van der Waals surface area (Å²) in [5.41, 5.74) is 0. The Morgan fingerprint density at radius 2 is 2.33 bits per heavy atom. The fourth-order valence-corrected chi connectivity index (χ4v) is 1.79. The van der Waals surface area contributed by atoms with Gasteiger partial charge in [-0.2, -0.15) is 0 Å². The lowest BCUT2D eigenvalue weighted by Gasteiger charge is -2.26. The Morgan fingerprint density at radius 1 is 1.73 bits per heavy atom. The van der Waals surface area contributed by atoms with Crippen LogP contribution in [-0.2, 0) is 9.59 Å². The van der Waals surface area contributed by atoms with Crippen molar-refractivity contribution in [1.82, 2.24) is 4.90 Å². The molecule has 1 aliphatic rings. The van der Waals surface area contributed by atoms with Crippen molar-refractivity contribution in [2.45, 2.75) is 25.5 Å². The maximum absolute atomic E-state index is 11.5. The molecule has 1 unspecified atom stereocenters. The third-order valence-electron chi connectivity index (χ3n) is 2.57. The average molecular weight is 213 g/mol. The van der Waals surface area contributed by atoms with Crippen LogP contribution in [0.3, 0.4) is 0 Å². The van der Waals surface area contributed by atoms with Gasteiger partial charge in [-0.25, -0.2) is 4.79 Å². The first-order valence-corrected chi connectivity index (χ1v) is 4.80. The third-order valence-corrected chi connectivity index (χ3v) is 2.57. The molecule has 0 aromatic heterocycles. The molecular formula is C10H15NO4. The zero-order valence-electron chi connectivity index (χ0n) is 8.59. The van der Waals surface area contributed by atoms with Crippen LogP contribution in [0.1, 0.15) is 13.3 Å². The van der Waals surface area contributed by atoms with Crippen LogP contribution < -0.4 is 0 Å². The largest absolute Gasteiger partial charge is 0.480 e. The van der Waals surface area contributed by atoms with Crippen molar-refractivity contribution in [1.29, 1.82) is 0 Å². The zero-order valence-corrected chi connectivity index (χ0v) is 8.59. The van der Waals surface area contributed by atoms with Crippen LogP contribution in [0.2, 0.25) is 0 Å². The van der Waals surface area contributed by atoms with Crippen molar-refractivity contribution in [2.24, 2.45) is 5.92 Å². The summed E-state index contributed by atoms with van der Waals surface area (Å²) in [5, 5.41) is 18.2. The van der Waals surface area contributed by atoms with Crippen LogP contribution in [0.15, 0.2) is 12.7 Å². The van der Waals surface area contributed by atoms with Crippen molar-refractivity contribution in [2.75, 3.05) is 6.54 Å². The smallest absolute Gasteiger partial charge is 0.329 e. The van der Waals surface area contributed by atoms with Crippen molar-refractivity contribution in [3.63, 3.8) is 0 Å². The highest BCUT2D eigenvalue weighted by Crippen LogP contribution is 2.22. The molecule has 5 heteroatoms. The molecule has 1 amide bonds. The van der Waals surface area contributed by atoms with Gasteiger partial charge in [-0.1, -0.05) is 6.08 Å². The molecule has 1 aliphatic heterocycles. The van der Waals surface area contributed by atoms with Crippen molar-refractivity contribution in [3.8, 4) is 0 Å². The molecule has 0 aromatic carbocycles. The Hall–Kier alpha value is -1.36. The Kier molecular flexibility index (Phi) is 3.47. The fraction of sp³-hybridized carbons (Fsp3) is 0.600. The quantitative estimate of drug-likeness (QED) is 0.637. The van der Waals surface area contributed by atoms with Crippen molar-refractivity contribution < 1.29 is 19.8 Å². The Balaban J connectivity index is 2.81. The van der Waals surface area contributed by atoms with Crippen LogP contribution in [-0.4, -0.2) is 45.7 Å². The molecule has 84 valence electrons. The number of rotatable bonds is 4. The minimum absolute atomic E-state index is 0.0156. The van der Waals surface area contributed by atoms with Crippen molar-refractivity contribution in [3.05, 3.63) is 12.7 Å². The van der Waals surface area contributed by atoms with Gasteiger partial charge in [0, 0.05) is 18.9 Å². The lowest BCUT2D eigenvalue weighted by Crippen LogP contribution is -2.48. The van der Waals surface area contributed by atoms with Gasteiger partial charge in [-0.05, 0) is 6.92 Å². The average Bonchev–Trinajstić information content (AvgIpc) is 2.46. The van der Waals surface area contributed by atoms with E-state index in [-0.39, 0.29) is 18.2 Å². The molecule has 15 heavy (non-hydrogen) atoms. The second-order valence-electron chi connectivity index (χ2n) is 3.77. The first-order valence-electron chi connectivity index (χ1n) is 4.80. The van der Waals surface area contributed by atoms with E-state index >= 15 is 0 Å². The first-order chi connectivity index (χ1) is 6.97. The first kappa shape index (κ1) is 11.7. The SMILES string of the molecule is C=CC1CC(=O)N([C@H](C(=O)O)[C@H](C)O)C1. The van der Waals surface area contributed by atoms with Crippen LogP contribution in [0, 0.1) is 5.92 Å². The van der Waals surface area contributed by atoms with E-state index in [2.05, 4.69) is 6.58 Å². The number of nitrogens with zero attached hydrogens (tertiary/aromatic N) is 1. The highest BCUT2D eigenvalue weighted by atomic mass is 16.4. The predicted molar refractivity (Wildman–Crippen MR) is 53.1 cm³/mol. The number of carbonyl (C=O) groups excluding carboxylic acids is 1. The van der Waals surface area contributed by atoms with Crippen LogP contribution in [0.5, 0.6) is 0 Å². The second-order valence-corrected chi connectivity index (χ2v) is 3.77. The van der Waals surface area contributed by atoms with Crippen molar-refractivity contribution >= 4 is 11.9 Å². The Morgan fingerprint density at radius 3 is 2.67 bits per heavy atom. The maximum atomic E-state index is 11.5. The van der Waals surface area contributed by atoms with E-state index in [4.69, 9.17) is 5.11 Å². The van der Waals surface area contributed by atoms with E-state index in [1.165, 1.54) is 11.8 Å². The van der Waals surface area contributed by atoms with Gasteiger partial charge >= 0.3 is 5.97 Å². The monoisotopic (exact) mass is 213 g/mol. The number of carboxylic acids is 1. The molecule has 3 atom stereocenters. The van der Waals surface area contributed by atoms with Gasteiger partial charge in [0.2, 0.25) is 5.91 Å². The Bertz CT molecular complexity index is 287. The summed E-state index contributed by atoms with van der Waals surface area (Å²) in [5.74, 6) is -1.44. The van der Waals surface area contributed by atoms with Gasteiger partial charge in [0.1, 0.15) is 0 Å². The van der Waals surface area contributed by atoms with Crippen LogP contribution in [0.4, 0.5) is 0 Å². The van der Waals surface area contributed by atoms with E-state index in [0.717, 1.165) is 0 Å². The summed E-state index contributed by atoms with van der Waals surface area (Å²) in [6, 6.07) is -1.15. The lowest BCUT2D eigenvalue weighted by molar-refractivity contribution is -0.152. The zero-order chi connectivity index (χ0) is 11.6. The number of aliphatic carboxylic acids is 1. The molecular weight excluding hydrogens is 198 g/mol. The number of carboxylic acid groups (broad SMARTS) is 1. The molecule has 0 aliphatic carbocycles. The minimum atomic E-state index is -1.18. The van der Waals surface area contributed by atoms with E-state index in [9.17, 15) is 14.7 Å². The van der Waals surface area contributed by atoms with Gasteiger partial charge in [0.25, 0.3) is 0 Å². The number of amides is 1. The van der Waals surface area contributed by atoms with E-state index < -0.39 is 18.1 Å². The molecule has 0 spiro atoms. The van der Waals surface area contributed by atoms with Gasteiger partial charge in [0.05, 0.1) is 6.10 Å². The molecule has 1 heterocycles.